The summed E-state index contributed by atoms with van der Waals surface area (Å²) in [5.74, 6) is 0.356. The molecule has 6 heteroatoms. The third kappa shape index (κ3) is 3.57. The highest BCUT2D eigenvalue weighted by atomic mass is 32.2. The lowest BCUT2D eigenvalue weighted by atomic mass is 9.91. The Kier molecular flexibility index (Phi) is 4.90. The highest BCUT2D eigenvalue weighted by Crippen LogP contribution is 2.26. The number of carbonyl (C=O) groups excluding carboxylic acids is 1. The van der Waals surface area contributed by atoms with Gasteiger partial charge >= 0.3 is 5.97 Å². The minimum atomic E-state index is -1.14. The van der Waals surface area contributed by atoms with E-state index in [4.69, 9.17) is 10.8 Å². The van der Waals surface area contributed by atoms with Crippen molar-refractivity contribution in [3.63, 3.8) is 0 Å². The number of carboxylic acids is 1. The number of rotatable bonds is 4. The third-order valence-electron chi connectivity index (χ3n) is 3.72. The van der Waals surface area contributed by atoms with E-state index in [-0.39, 0.29) is 18.4 Å². The van der Waals surface area contributed by atoms with Crippen molar-refractivity contribution in [3.05, 3.63) is 35.9 Å². The number of amides is 1. The van der Waals surface area contributed by atoms with Crippen LogP contribution in [-0.2, 0) is 15.1 Å². The Morgan fingerprint density at radius 2 is 2.10 bits per heavy atom. The van der Waals surface area contributed by atoms with Crippen LogP contribution < -0.4 is 5.73 Å². The molecule has 1 heterocycles. The SMILES string of the molecule is CC(N)(C(=O)N1CCSCC1CC(=O)O)c1ccccc1. The number of thioether (sulfide) groups is 1. The lowest BCUT2D eigenvalue weighted by Crippen LogP contribution is -2.57. The predicted molar refractivity (Wildman–Crippen MR) is 83.1 cm³/mol. The van der Waals surface area contributed by atoms with Gasteiger partial charge in [-0.25, -0.2) is 0 Å². The van der Waals surface area contributed by atoms with E-state index in [1.165, 1.54) is 0 Å². The highest BCUT2D eigenvalue weighted by Gasteiger charge is 2.39. The molecular weight excluding hydrogens is 288 g/mol. The minimum absolute atomic E-state index is 0.0381. The van der Waals surface area contributed by atoms with Crippen LogP contribution in [0, 0.1) is 0 Å². The normalized spacial score (nSPS) is 21.6. The lowest BCUT2D eigenvalue weighted by Gasteiger charge is -2.39. The summed E-state index contributed by atoms with van der Waals surface area (Å²) in [6, 6.07) is 8.91. The number of carbonyl (C=O) groups is 2. The molecular formula is C15H20N2O3S. The molecule has 1 amide bonds. The number of hydrogen-bond donors (Lipinski definition) is 2. The molecule has 1 saturated heterocycles. The Morgan fingerprint density at radius 1 is 1.43 bits per heavy atom. The molecule has 0 spiro atoms. The van der Waals surface area contributed by atoms with Gasteiger partial charge in [-0.2, -0.15) is 11.8 Å². The molecule has 2 unspecified atom stereocenters. The van der Waals surface area contributed by atoms with E-state index in [1.807, 2.05) is 30.3 Å². The molecule has 114 valence electrons. The fraction of sp³-hybridized carbons (Fsp3) is 0.467. The second-order valence-electron chi connectivity index (χ2n) is 5.39. The summed E-state index contributed by atoms with van der Waals surface area (Å²) in [4.78, 5) is 25.4. The first-order valence-corrected chi connectivity index (χ1v) is 8.03. The van der Waals surface area contributed by atoms with Crippen molar-refractivity contribution >= 4 is 23.6 Å². The van der Waals surface area contributed by atoms with Gasteiger partial charge < -0.3 is 15.7 Å². The van der Waals surface area contributed by atoms with E-state index < -0.39 is 11.5 Å². The quantitative estimate of drug-likeness (QED) is 0.875. The molecule has 0 radical (unpaired) electrons. The summed E-state index contributed by atoms with van der Waals surface area (Å²) in [6.45, 7) is 2.23. The van der Waals surface area contributed by atoms with Crippen molar-refractivity contribution in [1.82, 2.24) is 4.90 Å². The van der Waals surface area contributed by atoms with E-state index in [2.05, 4.69) is 0 Å². The largest absolute Gasteiger partial charge is 0.481 e. The summed E-state index contributed by atoms with van der Waals surface area (Å²) < 4.78 is 0. The summed E-state index contributed by atoms with van der Waals surface area (Å²) in [5, 5.41) is 9.01. The zero-order chi connectivity index (χ0) is 15.5. The van der Waals surface area contributed by atoms with Gasteiger partial charge in [0, 0.05) is 18.1 Å². The molecule has 21 heavy (non-hydrogen) atoms. The van der Waals surface area contributed by atoms with Gasteiger partial charge in [0.15, 0.2) is 0 Å². The van der Waals surface area contributed by atoms with Crippen LogP contribution in [0.3, 0.4) is 0 Å². The van der Waals surface area contributed by atoms with Crippen LogP contribution >= 0.6 is 11.8 Å². The Morgan fingerprint density at radius 3 is 2.71 bits per heavy atom. The average molecular weight is 308 g/mol. The maximum atomic E-state index is 12.8. The Bertz CT molecular complexity index is 519. The van der Waals surface area contributed by atoms with Crippen molar-refractivity contribution < 1.29 is 14.7 Å². The molecule has 1 aliphatic rings. The standard InChI is InChI=1S/C15H20N2O3S/c1-15(16,11-5-3-2-4-6-11)14(20)17-7-8-21-10-12(17)9-13(18)19/h2-6,12H,7-10,16H2,1H3,(H,18,19). The molecule has 0 bridgehead atoms. The van der Waals surface area contributed by atoms with Gasteiger partial charge in [-0.05, 0) is 12.5 Å². The molecule has 1 aliphatic heterocycles. The maximum absolute atomic E-state index is 12.8. The van der Waals surface area contributed by atoms with Crippen molar-refractivity contribution in [2.75, 3.05) is 18.1 Å². The molecule has 1 fully saturated rings. The first kappa shape index (κ1) is 15.9. The second kappa shape index (κ2) is 6.49. The Balaban J connectivity index is 2.22. The van der Waals surface area contributed by atoms with E-state index in [9.17, 15) is 9.59 Å². The predicted octanol–water partition coefficient (Wildman–Crippen LogP) is 1.28. The first-order valence-electron chi connectivity index (χ1n) is 6.88. The van der Waals surface area contributed by atoms with E-state index in [1.54, 1.807) is 23.6 Å². The van der Waals surface area contributed by atoms with Crippen molar-refractivity contribution in [2.24, 2.45) is 5.73 Å². The maximum Gasteiger partial charge on any atom is 0.305 e. The van der Waals surface area contributed by atoms with Crippen LogP contribution in [0.4, 0.5) is 0 Å². The van der Waals surface area contributed by atoms with Crippen LogP contribution in [-0.4, -0.2) is 46.0 Å². The monoisotopic (exact) mass is 308 g/mol. The first-order chi connectivity index (χ1) is 9.93. The molecule has 0 saturated carbocycles. The number of hydrogen-bond acceptors (Lipinski definition) is 4. The van der Waals surface area contributed by atoms with Gasteiger partial charge in [-0.3, -0.25) is 9.59 Å². The molecule has 2 atom stereocenters. The lowest BCUT2D eigenvalue weighted by molar-refractivity contribution is -0.142. The van der Waals surface area contributed by atoms with E-state index in [0.717, 1.165) is 11.3 Å². The van der Waals surface area contributed by atoms with Gasteiger partial charge in [0.2, 0.25) is 5.91 Å². The number of nitrogens with zero attached hydrogens (tertiary/aromatic N) is 1. The van der Waals surface area contributed by atoms with Crippen LogP contribution in [0.5, 0.6) is 0 Å². The summed E-state index contributed by atoms with van der Waals surface area (Å²) in [6.07, 6.45) is -0.0381. The Hall–Kier alpha value is -1.53. The minimum Gasteiger partial charge on any atom is -0.481 e. The second-order valence-corrected chi connectivity index (χ2v) is 6.54. The topological polar surface area (TPSA) is 83.6 Å². The van der Waals surface area contributed by atoms with E-state index >= 15 is 0 Å². The fourth-order valence-corrected chi connectivity index (χ4v) is 3.56. The average Bonchev–Trinajstić information content (AvgIpc) is 2.47. The van der Waals surface area contributed by atoms with Crippen LogP contribution in [0.2, 0.25) is 0 Å². The molecule has 0 aromatic heterocycles. The smallest absolute Gasteiger partial charge is 0.305 e. The molecule has 3 N–H and O–H groups in total. The number of carboxylic acid groups (broad SMARTS) is 1. The molecule has 5 nitrogen and oxygen atoms in total. The van der Waals surface area contributed by atoms with Crippen LogP contribution in [0.1, 0.15) is 18.9 Å². The van der Waals surface area contributed by atoms with Crippen molar-refractivity contribution in [1.29, 1.82) is 0 Å². The zero-order valence-corrected chi connectivity index (χ0v) is 12.8. The van der Waals surface area contributed by atoms with Gasteiger partial charge in [0.1, 0.15) is 5.54 Å². The number of aliphatic carboxylic acids is 1. The van der Waals surface area contributed by atoms with Crippen LogP contribution in [0.25, 0.3) is 0 Å². The highest BCUT2D eigenvalue weighted by molar-refractivity contribution is 7.99. The third-order valence-corrected chi connectivity index (χ3v) is 4.81. The van der Waals surface area contributed by atoms with Gasteiger partial charge in [-0.15, -0.1) is 0 Å². The number of benzene rings is 1. The fourth-order valence-electron chi connectivity index (χ4n) is 2.50. The van der Waals surface area contributed by atoms with Gasteiger partial charge in [0.05, 0.1) is 12.5 Å². The molecule has 1 aromatic rings. The molecule has 2 rings (SSSR count). The van der Waals surface area contributed by atoms with Crippen molar-refractivity contribution in [2.45, 2.75) is 24.9 Å². The van der Waals surface area contributed by atoms with Gasteiger partial charge in [-0.1, -0.05) is 30.3 Å². The number of nitrogens with two attached hydrogens (primary N) is 1. The van der Waals surface area contributed by atoms with Gasteiger partial charge in [0.25, 0.3) is 0 Å². The summed E-state index contributed by atoms with van der Waals surface area (Å²) in [7, 11) is 0. The van der Waals surface area contributed by atoms with Crippen molar-refractivity contribution in [3.8, 4) is 0 Å². The molecule has 1 aromatic carbocycles. The Labute approximate surface area is 128 Å². The van der Waals surface area contributed by atoms with E-state index in [0.29, 0.717) is 12.3 Å². The summed E-state index contributed by atoms with van der Waals surface area (Å²) in [5.41, 5.74) is 5.86. The summed E-state index contributed by atoms with van der Waals surface area (Å²) >= 11 is 1.67. The van der Waals surface area contributed by atoms with Crippen LogP contribution in [0.15, 0.2) is 30.3 Å². The molecule has 0 aliphatic carbocycles. The zero-order valence-electron chi connectivity index (χ0n) is 12.0.